The molecule has 0 aliphatic heterocycles. The van der Waals surface area contributed by atoms with Crippen molar-refractivity contribution < 1.29 is 22.1 Å². The lowest BCUT2D eigenvalue weighted by atomic mass is 10.2. The standard InChI is InChI=1S/C17H18N2O5S/c1-4-22-14-7-5-13(6-8-14)19-25(20,21)16-10-9-15(23-16)17-11(2)12(3)18-24-17/h5-10,19H,4H2,1-3H3. The Balaban J connectivity index is 1.82. The summed E-state index contributed by atoms with van der Waals surface area (Å²) in [5.41, 5.74) is 1.94. The first-order chi connectivity index (χ1) is 11.9. The van der Waals surface area contributed by atoms with Crippen LogP contribution < -0.4 is 9.46 Å². The first kappa shape index (κ1) is 17.1. The van der Waals surface area contributed by atoms with Crippen LogP contribution in [0.3, 0.4) is 0 Å². The van der Waals surface area contributed by atoms with E-state index in [1.165, 1.54) is 6.07 Å². The second-order valence-electron chi connectivity index (χ2n) is 5.40. The van der Waals surface area contributed by atoms with E-state index in [9.17, 15) is 8.42 Å². The van der Waals surface area contributed by atoms with Crippen LogP contribution in [0.25, 0.3) is 11.5 Å². The molecule has 132 valence electrons. The highest BCUT2D eigenvalue weighted by molar-refractivity contribution is 7.92. The average molecular weight is 362 g/mol. The highest BCUT2D eigenvalue weighted by Gasteiger charge is 2.22. The molecule has 8 heteroatoms. The number of anilines is 1. The van der Waals surface area contributed by atoms with Crippen LogP contribution >= 0.6 is 0 Å². The largest absolute Gasteiger partial charge is 0.494 e. The molecular formula is C17H18N2O5S. The number of nitrogens with one attached hydrogen (secondary N) is 1. The third-order valence-corrected chi connectivity index (χ3v) is 4.90. The fourth-order valence-corrected chi connectivity index (χ4v) is 3.22. The van der Waals surface area contributed by atoms with Crippen molar-refractivity contribution in [2.75, 3.05) is 11.3 Å². The van der Waals surface area contributed by atoms with E-state index in [1.807, 2.05) is 13.8 Å². The molecule has 0 spiro atoms. The van der Waals surface area contributed by atoms with E-state index in [2.05, 4.69) is 9.88 Å². The molecule has 0 unspecified atom stereocenters. The molecular weight excluding hydrogens is 344 g/mol. The zero-order valence-electron chi connectivity index (χ0n) is 14.1. The lowest BCUT2D eigenvalue weighted by molar-refractivity contribution is 0.340. The van der Waals surface area contributed by atoms with Gasteiger partial charge in [0.2, 0.25) is 10.9 Å². The molecule has 0 amide bonds. The fourth-order valence-electron chi connectivity index (χ4n) is 2.22. The minimum Gasteiger partial charge on any atom is -0.494 e. The van der Waals surface area contributed by atoms with Crippen LogP contribution in [0, 0.1) is 13.8 Å². The molecule has 0 saturated heterocycles. The van der Waals surface area contributed by atoms with Crippen molar-refractivity contribution in [3.05, 3.63) is 47.7 Å². The normalized spacial score (nSPS) is 11.5. The Hall–Kier alpha value is -2.74. The van der Waals surface area contributed by atoms with Crippen molar-refractivity contribution in [1.82, 2.24) is 5.16 Å². The van der Waals surface area contributed by atoms with Crippen LogP contribution in [0.15, 0.2) is 50.4 Å². The maximum absolute atomic E-state index is 12.5. The van der Waals surface area contributed by atoms with Gasteiger partial charge >= 0.3 is 0 Å². The highest BCUT2D eigenvalue weighted by Crippen LogP contribution is 2.29. The van der Waals surface area contributed by atoms with Gasteiger partial charge in [0.25, 0.3) is 10.0 Å². The lowest BCUT2D eigenvalue weighted by Gasteiger charge is -2.07. The summed E-state index contributed by atoms with van der Waals surface area (Å²) in [6.07, 6.45) is 0. The molecule has 2 heterocycles. The third kappa shape index (κ3) is 3.53. The van der Waals surface area contributed by atoms with E-state index in [0.717, 1.165) is 11.3 Å². The van der Waals surface area contributed by atoms with Crippen molar-refractivity contribution in [2.24, 2.45) is 0 Å². The van der Waals surface area contributed by atoms with E-state index >= 15 is 0 Å². The summed E-state index contributed by atoms with van der Waals surface area (Å²) in [6, 6.07) is 9.54. The number of aryl methyl sites for hydroxylation is 1. The molecule has 25 heavy (non-hydrogen) atoms. The zero-order chi connectivity index (χ0) is 18.0. The molecule has 7 nitrogen and oxygen atoms in total. The fraction of sp³-hybridized carbons (Fsp3) is 0.235. The Bertz CT molecular complexity index is 971. The van der Waals surface area contributed by atoms with Gasteiger partial charge in [0.15, 0.2) is 5.76 Å². The van der Waals surface area contributed by atoms with Crippen LogP contribution in [0.5, 0.6) is 5.75 Å². The summed E-state index contributed by atoms with van der Waals surface area (Å²) in [6.45, 7) is 6.05. The van der Waals surface area contributed by atoms with Crippen molar-refractivity contribution in [3.8, 4) is 17.3 Å². The van der Waals surface area contributed by atoms with Crippen LogP contribution in [0.2, 0.25) is 0 Å². The third-order valence-electron chi connectivity index (χ3n) is 3.64. The van der Waals surface area contributed by atoms with Gasteiger partial charge in [-0.2, -0.15) is 8.42 Å². The van der Waals surface area contributed by atoms with Gasteiger partial charge in [-0.3, -0.25) is 4.72 Å². The van der Waals surface area contributed by atoms with Crippen LogP contribution in [0.1, 0.15) is 18.2 Å². The van der Waals surface area contributed by atoms with E-state index in [-0.39, 0.29) is 5.09 Å². The van der Waals surface area contributed by atoms with Crippen molar-refractivity contribution in [2.45, 2.75) is 25.9 Å². The average Bonchev–Trinajstić information content (AvgIpc) is 3.18. The maximum Gasteiger partial charge on any atom is 0.295 e. The van der Waals surface area contributed by atoms with Gasteiger partial charge in [0, 0.05) is 11.3 Å². The van der Waals surface area contributed by atoms with Crippen molar-refractivity contribution >= 4 is 15.7 Å². The minimum absolute atomic E-state index is 0.204. The Kier molecular flexibility index (Phi) is 4.54. The molecule has 1 N–H and O–H groups in total. The molecule has 0 aliphatic carbocycles. The number of rotatable bonds is 6. The van der Waals surface area contributed by atoms with Crippen LogP contribution in [-0.4, -0.2) is 20.2 Å². The van der Waals surface area contributed by atoms with Gasteiger partial charge in [-0.1, -0.05) is 5.16 Å². The molecule has 0 atom stereocenters. The minimum atomic E-state index is -3.85. The molecule has 0 aliphatic rings. The van der Waals surface area contributed by atoms with Crippen LogP contribution in [-0.2, 0) is 10.0 Å². The summed E-state index contributed by atoms with van der Waals surface area (Å²) in [5.74, 6) is 1.40. The summed E-state index contributed by atoms with van der Waals surface area (Å²) in [5, 5.41) is 3.64. The molecule has 3 rings (SSSR count). The Morgan fingerprint density at radius 3 is 2.44 bits per heavy atom. The predicted molar refractivity (Wildman–Crippen MR) is 92.1 cm³/mol. The molecule has 0 bridgehead atoms. The molecule has 0 radical (unpaired) electrons. The summed E-state index contributed by atoms with van der Waals surface area (Å²) in [4.78, 5) is 0. The second kappa shape index (κ2) is 6.64. The highest BCUT2D eigenvalue weighted by atomic mass is 32.2. The number of ether oxygens (including phenoxy) is 1. The topological polar surface area (TPSA) is 94.6 Å². The summed E-state index contributed by atoms with van der Waals surface area (Å²) < 4.78 is 43.4. The monoisotopic (exact) mass is 362 g/mol. The van der Waals surface area contributed by atoms with Gasteiger partial charge in [-0.05, 0) is 57.2 Å². The molecule has 1 aromatic carbocycles. The number of hydrogen-bond donors (Lipinski definition) is 1. The van der Waals surface area contributed by atoms with E-state index < -0.39 is 10.0 Å². The first-order valence-electron chi connectivity index (χ1n) is 7.69. The van der Waals surface area contributed by atoms with Gasteiger partial charge in [-0.15, -0.1) is 0 Å². The lowest BCUT2D eigenvalue weighted by Crippen LogP contribution is -2.11. The number of aromatic nitrogens is 1. The second-order valence-corrected chi connectivity index (χ2v) is 7.02. The van der Waals surface area contributed by atoms with Crippen LogP contribution in [0.4, 0.5) is 5.69 Å². The molecule has 0 fully saturated rings. The van der Waals surface area contributed by atoms with Gasteiger partial charge in [-0.25, -0.2) is 0 Å². The molecule has 0 saturated carbocycles. The Morgan fingerprint density at radius 2 is 1.84 bits per heavy atom. The van der Waals surface area contributed by atoms with Crippen molar-refractivity contribution in [1.29, 1.82) is 0 Å². The smallest absolute Gasteiger partial charge is 0.295 e. The Labute approximate surface area is 145 Å². The molecule has 3 aromatic rings. The quantitative estimate of drug-likeness (QED) is 0.717. The number of furan rings is 1. The number of benzene rings is 1. The Morgan fingerprint density at radius 1 is 1.12 bits per heavy atom. The zero-order valence-corrected chi connectivity index (χ0v) is 14.9. The maximum atomic E-state index is 12.5. The van der Waals surface area contributed by atoms with Gasteiger partial charge in [0.05, 0.1) is 12.3 Å². The van der Waals surface area contributed by atoms with E-state index in [4.69, 9.17) is 13.7 Å². The van der Waals surface area contributed by atoms with E-state index in [0.29, 0.717) is 29.6 Å². The van der Waals surface area contributed by atoms with E-state index in [1.54, 1.807) is 37.3 Å². The van der Waals surface area contributed by atoms with Gasteiger partial charge in [0.1, 0.15) is 5.75 Å². The summed E-state index contributed by atoms with van der Waals surface area (Å²) >= 11 is 0. The predicted octanol–water partition coefficient (Wildman–Crippen LogP) is 3.75. The van der Waals surface area contributed by atoms with Gasteiger partial charge < -0.3 is 13.7 Å². The number of nitrogens with zero attached hydrogens (tertiary/aromatic N) is 1. The first-order valence-corrected chi connectivity index (χ1v) is 9.18. The van der Waals surface area contributed by atoms with Crippen molar-refractivity contribution in [3.63, 3.8) is 0 Å². The number of hydrogen-bond acceptors (Lipinski definition) is 6. The summed E-state index contributed by atoms with van der Waals surface area (Å²) in [7, 11) is -3.85. The molecule has 2 aromatic heterocycles. The number of sulfonamides is 1. The SMILES string of the molecule is CCOc1ccc(NS(=O)(=O)c2ccc(-c3onc(C)c3C)o2)cc1.